The highest BCUT2D eigenvalue weighted by Gasteiger charge is 2.27. The molecule has 0 aliphatic rings. The third kappa shape index (κ3) is 8.04. The lowest BCUT2D eigenvalue weighted by Crippen LogP contribution is -2.30. The maximum atomic E-state index is 4.55. The van der Waals surface area contributed by atoms with Crippen molar-refractivity contribution in [3.8, 4) is 27.9 Å². The van der Waals surface area contributed by atoms with E-state index in [2.05, 4.69) is 317 Å². The number of hydrogen-bond donors (Lipinski definition) is 0. The van der Waals surface area contributed by atoms with Crippen LogP contribution in [0.4, 0.5) is 34.1 Å². The summed E-state index contributed by atoms with van der Waals surface area (Å²) in [5.74, 6) is 0. The van der Waals surface area contributed by atoms with Gasteiger partial charge in [0.25, 0.3) is 0 Å². The highest BCUT2D eigenvalue weighted by Crippen LogP contribution is 2.51. The predicted molar refractivity (Wildman–Crippen MR) is 377 cm³/mol. The summed E-state index contributed by atoms with van der Waals surface area (Å²) < 4.78 is 7.26. The van der Waals surface area contributed by atoms with Crippen LogP contribution in [0.3, 0.4) is 0 Å². The molecule has 0 saturated carbocycles. The molecule has 0 atom stereocenters. The number of hydrogen-bond acceptors (Lipinski definition) is 5. The lowest BCUT2D eigenvalue weighted by molar-refractivity contribution is -0.566. The Morgan fingerprint density at radius 1 is 0.295 bits per heavy atom. The lowest BCUT2D eigenvalue weighted by Gasteiger charge is -2.28. The minimum Gasteiger partial charge on any atom is -0.308 e. The Hall–Kier alpha value is -11.0. The van der Waals surface area contributed by atoms with Gasteiger partial charge in [-0.25, -0.2) is 0 Å². The summed E-state index contributed by atoms with van der Waals surface area (Å²) in [7, 11) is 0. The van der Waals surface area contributed by atoms with E-state index in [-0.39, 0.29) is 0 Å². The summed E-state index contributed by atoms with van der Waals surface area (Å²) in [6.07, 6.45) is 6.15. The fourth-order valence-corrected chi connectivity index (χ4v) is 16.3. The average Bonchev–Trinajstić information content (AvgIpc) is 1.18. The minimum atomic E-state index is 1.09. The first kappa shape index (κ1) is 50.3. The quantitative estimate of drug-likeness (QED) is 0.106. The second-order valence-electron chi connectivity index (χ2n) is 22.8. The van der Waals surface area contributed by atoms with Crippen molar-refractivity contribution in [2.24, 2.45) is 0 Å². The number of thiophene rings is 2. The summed E-state index contributed by atoms with van der Waals surface area (Å²) in [5.41, 5.74) is 13.8. The van der Waals surface area contributed by atoms with Crippen LogP contribution in [0.5, 0.6) is 0 Å². The molecular formula is C82H51N4S2+. The van der Waals surface area contributed by atoms with Crippen LogP contribution in [0.2, 0.25) is 0 Å². The van der Waals surface area contributed by atoms with E-state index in [0.29, 0.717) is 0 Å². The second-order valence-corrected chi connectivity index (χ2v) is 24.9. The van der Waals surface area contributed by atoms with Gasteiger partial charge in [-0.15, -0.1) is 22.7 Å². The van der Waals surface area contributed by atoms with Crippen LogP contribution in [0.1, 0.15) is 0 Å². The molecule has 14 aromatic carbocycles. The van der Waals surface area contributed by atoms with Gasteiger partial charge >= 0.3 is 0 Å². The van der Waals surface area contributed by atoms with E-state index >= 15 is 0 Å². The molecule has 0 N–H and O–H groups in total. The molecule has 18 aromatic rings. The third-order valence-corrected chi connectivity index (χ3v) is 20.3. The maximum absolute atomic E-state index is 4.55. The number of nitrogens with zero attached hydrogens (tertiary/aromatic N) is 4. The van der Waals surface area contributed by atoms with Crippen molar-refractivity contribution in [2.45, 2.75) is 0 Å². The van der Waals surface area contributed by atoms with Crippen LogP contribution in [0, 0.1) is 0 Å². The maximum Gasteiger partial charge on any atom is 0.237 e. The van der Waals surface area contributed by atoms with Gasteiger partial charge in [0.15, 0.2) is 6.20 Å². The molecule has 4 heterocycles. The smallest absolute Gasteiger partial charge is 0.237 e. The Morgan fingerprint density at radius 3 is 1.53 bits per heavy atom. The summed E-state index contributed by atoms with van der Waals surface area (Å²) in [5, 5.41) is 18.3. The molecule has 4 nitrogen and oxygen atoms in total. The van der Waals surface area contributed by atoms with Crippen molar-refractivity contribution < 1.29 is 4.57 Å². The van der Waals surface area contributed by atoms with E-state index in [9.17, 15) is 0 Å². The fourth-order valence-electron chi connectivity index (χ4n) is 13.9. The van der Waals surface area contributed by atoms with Crippen molar-refractivity contribution in [3.05, 3.63) is 310 Å². The first-order valence-corrected chi connectivity index (χ1v) is 31.5. The second kappa shape index (κ2) is 20.3. The standard InChI is InChI=1S/C82H51N4S2/c1-3-16-52(17-4-1)54-33-39-59(40-34-54)85(73-28-13-26-69-67-45-46-83-51-78(67)88-81(69)73)75-48-58-32-31-57-37-43-61(49-71(57)79(58)68-25-12-11-24-66(68)75)84-47-15-30-77-80(84)70-27-14-29-74(82(70)87-77)86(60-41-35-55(36-42-60)53-18-5-2-6-19-53)76-50-72-62-21-8-7-20-56(62)38-44-64(72)63-22-9-10-23-65(63)76/h1-51H/q+1. The van der Waals surface area contributed by atoms with Gasteiger partial charge in [-0.3, -0.25) is 4.98 Å². The Morgan fingerprint density at radius 2 is 0.818 bits per heavy atom. The zero-order valence-corrected chi connectivity index (χ0v) is 49.2. The molecule has 0 saturated heterocycles. The SMILES string of the molecule is c1ccc(-c2ccc(N(c3cc4ccc5ccc(-[n+]6cccc7sc8c(N(c9ccc(-c%10ccccc%10)cc9)c9cc%10c%11ccccc%11ccc%10c%10ccccc9%10)cccc8c76)cc5c4c4ccccc34)c3cccc4c3sc3cnccc34)cc2)cc1. The monoisotopic (exact) mass is 1160 g/mol. The molecule has 0 aliphatic heterocycles. The van der Waals surface area contributed by atoms with Crippen molar-refractivity contribution in [3.63, 3.8) is 0 Å². The van der Waals surface area contributed by atoms with Crippen molar-refractivity contribution in [2.75, 3.05) is 9.80 Å². The molecule has 0 unspecified atom stereocenters. The summed E-state index contributed by atoms with van der Waals surface area (Å²) in [6.45, 7) is 0. The van der Waals surface area contributed by atoms with E-state index < -0.39 is 0 Å². The topological polar surface area (TPSA) is 23.2 Å². The predicted octanol–water partition coefficient (Wildman–Crippen LogP) is 23.3. The van der Waals surface area contributed by atoms with Gasteiger partial charge in [0.1, 0.15) is 4.70 Å². The van der Waals surface area contributed by atoms with Crippen LogP contribution in [-0.4, -0.2) is 4.98 Å². The molecule has 0 radical (unpaired) electrons. The molecule has 88 heavy (non-hydrogen) atoms. The van der Waals surface area contributed by atoms with Gasteiger partial charge < -0.3 is 9.80 Å². The highest BCUT2D eigenvalue weighted by molar-refractivity contribution is 7.26. The molecule has 0 spiro atoms. The first-order chi connectivity index (χ1) is 43.6. The van der Waals surface area contributed by atoms with E-state index in [1.54, 1.807) is 0 Å². The van der Waals surface area contributed by atoms with Crippen molar-refractivity contribution >= 4 is 162 Å². The molecule has 4 aromatic heterocycles. The molecule has 410 valence electrons. The number of pyridine rings is 2. The molecule has 6 heteroatoms. The zero-order valence-electron chi connectivity index (χ0n) is 47.6. The number of benzene rings is 14. The van der Waals surface area contributed by atoms with Gasteiger partial charge in [0.05, 0.1) is 42.2 Å². The largest absolute Gasteiger partial charge is 0.308 e. The Labute approximate surface area is 515 Å². The Balaban J connectivity index is 0.825. The molecule has 18 rings (SSSR count). The van der Waals surface area contributed by atoms with Gasteiger partial charge in [-0.2, -0.15) is 4.57 Å². The van der Waals surface area contributed by atoms with Crippen molar-refractivity contribution in [1.82, 2.24) is 4.98 Å². The van der Waals surface area contributed by atoms with E-state index in [1.807, 2.05) is 35.1 Å². The first-order valence-electron chi connectivity index (χ1n) is 29.9. The normalized spacial score (nSPS) is 11.9. The minimum absolute atomic E-state index is 1.09. The average molecular weight is 1160 g/mol. The molecule has 0 aliphatic carbocycles. The number of rotatable bonds is 9. The Kier molecular flexibility index (Phi) is 11.6. The van der Waals surface area contributed by atoms with Gasteiger partial charge in [0.2, 0.25) is 11.2 Å². The Bertz CT molecular complexity index is 5820. The van der Waals surface area contributed by atoms with Crippen LogP contribution >= 0.6 is 22.7 Å². The molecular weight excluding hydrogens is 1110 g/mol. The molecule has 0 fully saturated rings. The van der Waals surface area contributed by atoms with Crippen molar-refractivity contribution in [1.29, 1.82) is 0 Å². The van der Waals surface area contributed by atoms with Crippen LogP contribution in [0.15, 0.2) is 310 Å². The zero-order chi connectivity index (χ0) is 57.8. The fraction of sp³-hybridized carbons (Fsp3) is 0. The van der Waals surface area contributed by atoms with Gasteiger partial charge in [-0.1, -0.05) is 200 Å². The number of fused-ring (bicyclic) bond motifs is 16. The highest BCUT2D eigenvalue weighted by atomic mass is 32.1. The molecule has 0 amide bonds. The summed E-state index contributed by atoms with van der Waals surface area (Å²) in [6, 6.07) is 108. The van der Waals surface area contributed by atoms with Crippen LogP contribution in [0.25, 0.3) is 133 Å². The number of aromatic nitrogens is 2. The van der Waals surface area contributed by atoms with Crippen LogP contribution < -0.4 is 14.4 Å². The lowest BCUT2D eigenvalue weighted by atomic mass is 9.94. The van der Waals surface area contributed by atoms with Crippen LogP contribution in [-0.2, 0) is 0 Å². The van der Waals surface area contributed by atoms with E-state index in [4.69, 9.17) is 0 Å². The van der Waals surface area contributed by atoms with E-state index in [1.165, 1.54) is 127 Å². The third-order valence-electron chi connectivity index (χ3n) is 18.0. The molecule has 0 bridgehead atoms. The summed E-state index contributed by atoms with van der Waals surface area (Å²) in [4.78, 5) is 9.55. The van der Waals surface area contributed by atoms with Gasteiger partial charge in [-0.05, 0) is 149 Å². The summed E-state index contributed by atoms with van der Waals surface area (Å²) >= 11 is 3.68. The number of anilines is 6. The van der Waals surface area contributed by atoms with Gasteiger partial charge in [0, 0.05) is 63.5 Å². The van der Waals surface area contributed by atoms with E-state index in [0.717, 1.165) is 39.8 Å².